The molecule has 1 aliphatic rings. The van der Waals surface area contributed by atoms with Crippen molar-refractivity contribution in [2.75, 3.05) is 0 Å². The Morgan fingerprint density at radius 1 is 0.941 bits per heavy atom. The van der Waals surface area contributed by atoms with Crippen LogP contribution in [-0.4, -0.2) is 28.8 Å². The molecule has 3 aromatic carbocycles. The van der Waals surface area contributed by atoms with Crippen molar-refractivity contribution < 1.29 is 32.6 Å². The second-order valence-electron chi connectivity index (χ2n) is 7.89. The molecule has 0 spiro atoms. The van der Waals surface area contributed by atoms with Crippen LogP contribution in [0.1, 0.15) is 27.5 Å². The predicted molar refractivity (Wildman–Crippen MR) is 117 cm³/mol. The van der Waals surface area contributed by atoms with Crippen LogP contribution in [0, 0.1) is 5.92 Å². The number of alkyl halides is 3. The van der Waals surface area contributed by atoms with Crippen LogP contribution in [0.5, 0.6) is 5.75 Å². The van der Waals surface area contributed by atoms with Gasteiger partial charge in [0.15, 0.2) is 5.78 Å². The molecule has 176 valence electrons. The van der Waals surface area contributed by atoms with E-state index in [1.807, 2.05) is 30.3 Å². The molecule has 1 heterocycles. The zero-order valence-corrected chi connectivity index (χ0v) is 17.8. The Hall–Kier alpha value is -3.85. The van der Waals surface area contributed by atoms with Crippen LogP contribution in [-0.2, 0) is 6.61 Å². The van der Waals surface area contributed by atoms with Gasteiger partial charge in [0, 0.05) is 5.56 Å². The third kappa shape index (κ3) is 4.60. The molecule has 9 heteroatoms. The lowest BCUT2D eigenvalue weighted by atomic mass is 9.77. The summed E-state index contributed by atoms with van der Waals surface area (Å²) in [6.45, 7) is 0.285. The highest BCUT2D eigenvalue weighted by atomic mass is 19.4. The van der Waals surface area contributed by atoms with Crippen molar-refractivity contribution >= 4 is 11.8 Å². The summed E-state index contributed by atoms with van der Waals surface area (Å²) in [5.74, 6) is -2.60. The van der Waals surface area contributed by atoms with Crippen molar-refractivity contribution in [2.24, 2.45) is 5.92 Å². The summed E-state index contributed by atoms with van der Waals surface area (Å²) >= 11 is 0. The zero-order valence-electron chi connectivity index (χ0n) is 17.8. The van der Waals surface area contributed by atoms with Gasteiger partial charge in [-0.05, 0) is 23.3 Å². The average Bonchev–Trinajstić information content (AvgIpc) is 2.83. The van der Waals surface area contributed by atoms with Crippen molar-refractivity contribution in [3.05, 3.63) is 102 Å². The smallest absolute Gasteiger partial charge is 0.437 e. The molecule has 6 nitrogen and oxygen atoms in total. The van der Waals surface area contributed by atoms with Gasteiger partial charge < -0.3 is 20.5 Å². The number of carbonyl (C=O) groups is 2. The van der Waals surface area contributed by atoms with Crippen molar-refractivity contribution in [2.45, 2.75) is 24.6 Å². The van der Waals surface area contributed by atoms with E-state index in [2.05, 4.69) is 5.32 Å². The number of ketones is 1. The van der Waals surface area contributed by atoms with Crippen molar-refractivity contribution in [3.63, 3.8) is 0 Å². The summed E-state index contributed by atoms with van der Waals surface area (Å²) in [5.41, 5.74) is -2.66. The van der Waals surface area contributed by atoms with Crippen LogP contribution in [0.2, 0.25) is 0 Å². The summed E-state index contributed by atoms with van der Waals surface area (Å²) in [6, 6.07) is 20.0. The highest BCUT2D eigenvalue weighted by Crippen LogP contribution is 2.44. The second kappa shape index (κ2) is 9.18. The maximum Gasteiger partial charge on any atom is 0.437 e. The monoisotopic (exact) mass is 470 g/mol. The maximum atomic E-state index is 14.0. The predicted octanol–water partition coefficient (Wildman–Crippen LogP) is 4.37. The van der Waals surface area contributed by atoms with Crippen LogP contribution in [0.3, 0.4) is 0 Å². The Morgan fingerprint density at radius 3 is 2.12 bits per heavy atom. The first kappa shape index (κ1) is 23.3. The van der Waals surface area contributed by atoms with E-state index in [1.54, 1.807) is 6.07 Å². The summed E-state index contributed by atoms with van der Waals surface area (Å²) in [5, 5.41) is 14.5. The second-order valence-corrected chi connectivity index (χ2v) is 7.89. The molecular formula is C25H21F3N2O4. The van der Waals surface area contributed by atoms with E-state index >= 15 is 0 Å². The van der Waals surface area contributed by atoms with E-state index in [9.17, 15) is 27.9 Å². The van der Waals surface area contributed by atoms with E-state index in [1.165, 1.54) is 53.8 Å². The topological polar surface area (TPSA) is 87.7 Å². The highest BCUT2D eigenvalue weighted by molar-refractivity contribution is 6.00. The SMILES string of the molecule is O=C1N[C@H](c2ccc(OCc3ccccc3)cc2)[C@@H](C(=O)c2ccccc2)[C@@](O)(C(F)(F)F)N1. The number of urea groups is 1. The van der Waals surface area contributed by atoms with Gasteiger partial charge in [0.2, 0.25) is 5.72 Å². The number of aliphatic hydroxyl groups is 1. The molecular weight excluding hydrogens is 449 g/mol. The molecule has 0 unspecified atom stereocenters. The standard InChI is InChI=1S/C25H21F3N2O4/c26-25(27,28)24(33)20(22(31)18-9-5-2-6-10-18)21(29-23(32)30-24)17-11-13-19(14-12-17)34-15-16-7-3-1-4-8-16/h1-14,20-21,33H,15H2,(H2,29,30,32)/t20-,21+,24+/m0/s1. The minimum Gasteiger partial charge on any atom is -0.489 e. The first-order chi connectivity index (χ1) is 16.2. The van der Waals surface area contributed by atoms with Gasteiger partial charge >= 0.3 is 12.2 Å². The quantitative estimate of drug-likeness (QED) is 0.467. The molecule has 3 N–H and O–H groups in total. The van der Waals surface area contributed by atoms with E-state index in [0.717, 1.165) is 5.56 Å². The Labute approximate surface area is 193 Å². The molecule has 1 fully saturated rings. The lowest BCUT2D eigenvalue weighted by Gasteiger charge is -2.45. The number of nitrogens with one attached hydrogen (secondary N) is 2. The highest BCUT2D eigenvalue weighted by Gasteiger charge is 2.66. The Bertz CT molecular complexity index is 1150. The Morgan fingerprint density at radius 2 is 1.53 bits per heavy atom. The fourth-order valence-corrected chi connectivity index (χ4v) is 3.91. The van der Waals surface area contributed by atoms with Gasteiger partial charge in [-0.1, -0.05) is 72.8 Å². The van der Waals surface area contributed by atoms with Crippen molar-refractivity contribution in [3.8, 4) is 5.75 Å². The number of Topliss-reactive ketones (excluding diaryl/α,β-unsaturated/α-hetero) is 1. The zero-order chi connectivity index (χ0) is 24.3. The molecule has 0 aromatic heterocycles. The number of ether oxygens (including phenoxy) is 1. The fraction of sp³-hybridized carbons (Fsp3) is 0.200. The summed E-state index contributed by atoms with van der Waals surface area (Å²) in [6.07, 6.45) is -5.31. The molecule has 3 aromatic rings. The Balaban J connectivity index is 1.66. The summed E-state index contributed by atoms with van der Waals surface area (Å²) in [7, 11) is 0. The number of amides is 2. The Kier molecular flexibility index (Phi) is 6.30. The van der Waals surface area contributed by atoms with Gasteiger partial charge in [-0.15, -0.1) is 0 Å². The van der Waals surface area contributed by atoms with E-state index in [4.69, 9.17) is 4.74 Å². The third-order valence-corrected chi connectivity index (χ3v) is 5.63. The lowest BCUT2D eigenvalue weighted by Crippen LogP contribution is -2.72. The molecule has 1 saturated heterocycles. The van der Waals surface area contributed by atoms with Gasteiger partial charge in [0.05, 0.1) is 6.04 Å². The van der Waals surface area contributed by atoms with Crippen molar-refractivity contribution in [1.82, 2.24) is 10.6 Å². The van der Waals surface area contributed by atoms with E-state index < -0.39 is 35.7 Å². The normalized spacial score (nSPS) is 22.4. The molecule has 2 amide bonds. The summed E-state index contributed by atoms with van der Waals surface area (Å²) in [4.78, 5) is 25.3. The lowest BCUT2D eigenvalue weighted by molar-refractivity contribution is -0.287. The van der Waals surface area contributed by atoms with E-state index in [-0.39, 0.29) is 17.7 Å². The molecule has 3 atom stereocenters. The first-order valence-corrected chi connectivity index (χ1v) is 10.4. The molecule has 0 saturated carbocycles. The average molecular weight is 470 g/mol. The number of benzene rings is 3. The first-order valence-electron chi connectivity index (χ1n) is 10.4. The molecule has 0 radical (unpaired) electrons. The van der Waals surface area contributed by atoms with E-state index in [0.29, 0.717) is 5.75 Å². The number of carbonyl (C=O) groups excluding carboxylic acids is 2. The van der Waals surface area contributed by atoms with Gasteiger partial charge in [-0.3, -0.25) is 4.79 Å². The van der Waals surface area contributed by atoms with Gasteiger partial charge in [-0.25, -0.2) is 4.79 Å². The van der Waals surface area contributed by atoms with Crippen LogP contribution < -0.4 is 15.4 Å². The number of halogens is 3. The number of hydrogen-bond acceptors (Lipinski definition) is 4. The van der Waals surface area contributed by atoms with Crippen LogP contribution in [0.4, 0.5) is 18.0 Å². The molecule has 0 aliphatic carbocycles. The fourth-order valence-electron chi connectivity index (χ4n) is 3.91. The van der Waals surface area contributed by atoms with Gasteiger partial charge in [0.25, 0.3) is 0 Å². The minimum atomic E-state index is -5.31. The van der Waals surface area contributed by atoms with Gasteiger partial charge in [-0.2, -0.15) is 13.2 Å². The largest absolute Gasteiger partial charge is 0.489 e. The molecule has 0 bridgehead atoms. The number of rotatable bonds is 6. The van der Waals surface area contributed by atoms with Crippen LogP contribution in [0.15, 0.2) is 84.9 Å². The third-order valence-electron chi connectivity index (χ3n) is 5.63. The molecule has 4 rings (SSSR count). The van der Waals surface area contributed by atoms with Crippen LogP contribution >= 0.6 is 0 Å². The van der Waals surface area contributed by atoms with Crippen LogP contribution in [0.25, 0.3) is 0 Å². The summed E-state index contributed by atoms with van der Waals surface area (Å²) < 4.78 is 47.6. The van der Waals surface area contributed by atoms with Crippen molar-refractivity contribution in [1.29, 1.82) is 0 Å². The number of hydrogen-bond donors (Lipinski definition) is 3. The minimum absolute atomic E-state index is 0.0269. The molecule has 1 aliphatic heterocycles. The molecule has 34 heavy (non-hydrogen) atoms. The van der Waals surface area contributed by atoms with Gasteiger partial charge in [0.1, 0.15) is 18.3 Å². The maximum absolute atomic E-state index is 14.0.